The van der Waals surface area contributed by atoms with Crippen LogP contribution in [0.1, 0.15) is 13.3 Å². The monoisotopic (exact) mass is 348 g/mol. The Morgan fingerprint density at radius 1 is 1.43 bits per heavy atom. The standard InChI is InChI=1S/C11H22F2N2O4S2/c1-3-21(18,19)14-9(4-7-20-2)11(17)15(5-6-16)8-10(12)13/h9-10,14,16H,3-8H2,1-2H3. The summed E-state index contributed by atoms with van der Waals surface area (Å²) >= 11 is 1.42. The molecule has 10 heteroatoms. The van der Waals surface area contributed by atoms with E-state index in [0.717, 1.165) is 4.90 Å². The van der Waals surface area contributed by atoms with Gasteiger partial charge in [0.25, 0.3) is 6.43 Å². The van der Waals surface area contributed by atoms with Gasteiger partial charge in [-0.3, -0.25) is 4.79 Å². The van der Waals surface area contributed by atoms with Crippen LogP contribution in [0.25, 0.3) is 0 Å². The van der Waals surface area contributed by atoms with Crippen LogP contribution in [0.2, 0.25) is 0 Å². The molecule has 0 aliphatic heterocycles. The maximum absolute atomic E-state index is 12.5. The molecule has 0 aromatic carbocycles. The van der Waals surface area contributed by atoms with Crippen molar-refractivity contribution in [3.63, 3.8) is 0 Å². The molecule has 0 saturated heterocycles. The minimum absolute atomic E-state index is 0.199. The van der Waals surface area contributed by atoms with Crippen molar-refractivity contribution in [3.8, 4) is 0 Å². The van der Waals surface area contributed by atoms with Crippen molar-refractivity contribution in [1.29, 1.82) is 0 Å². The van der Waals surface area contributed by atoms with E-state index in [1.807, 2.05) is 0 Å². The fraction of sp³-hybridized carbons (Fsp3) is 0.909. The number of carbonyl (C=O) groups excluding carboxylic acids is 1. The van der Waals surface area contributed by atoms with Crippen LogP contribution in [0.4, 0.5) is 8.78 Å². The van der Waals surface area contributed by atoms with Crippen molar-refractivity contribution in [2.24, 2.45) is 0 Å². The summed E-state index contributed by atoms with van der Waals surface area (Å²) in [5, 5.41) is 8.85. The molecule has 0 spiro atoms. The van der Waals surface area contributed by atoms with Gasteiger partial charge in [-0.2, -0.15) is 11.8 Å². The lowest BCUT2D eigenvalue weighted by Crippen LogP contribution is -2.51. The van der Waals surface area contributed by atoms with E-state index in [9.17, 15) is 22.0 Å². The Morgan fingerprint density at radius 3 is 2.48 bits per heavy atom. The molecule has 0 aromatic heterocycles. The molecule has 0 bridgehead atoms. The van der Waals surface area contributed by atoms with Crippen LogP contribution in [0.3, 0.4) is 0 Å². The van der Waals surface area contributed by atoms with Crippen molar-refractivity contribution < 1.29 is 27.1 Å². The summed E-state index contributed by atoms with van der Waals surface area (Å²) in [4.78, 5) is 13.0. The van der Waals surface area contributed by atoms with E-state index in [4.69, 9.17) is 5.11 Å². The van der Waals surface area contributed by atoms with Crippen LogP contribution in [-0.4, -0.2) is 74.3 Å². The molecule has 6 nitrogen and oxygen atoms in total. The Bertz CT molecular complexity index is 407. The Labute approximate surface area is 128 Å². The first-order valence-electron chi connectivity index (χ1n) is 6.44. The molecule has 0 heterocycles. The molecule has 1 amide bonds. The average molecular weight is 348 g/mol. The normalized spacial score (nSPS) is 13.4. The second kappa shape index (κ2) is 10.3. The largest absolute Gasteiger partial charge is 0.395 e. The second-order valence-electron chi connectivity index (χ2n) is 4.25. The number of hydrogen-bond acceptors (Lipinski definition) is 5. The minimum Gasteiger partial charge on any atom is -0.395 e. The number of aliphatic hydroxyl groups is 1. The van der Waals surface area contributed by atoms with Crippen LogP contribution in [0, 0.1) is 0 Å². The first-order chi connectivity index (χ1) is 9.77. The molecule has 1 unspecified atom stereocenters. The van der Waals surface area contributed by atoms with Gasteiger partial charge in [-0.15, -0.1) is 0 Å². The highest BCUT2D eigenvalue weighted by Crippen LogP contribution is 2.08. The van der Waals surface area contributed by atoms with E-state index >= 15 is 0 Å². The number of alkyl halides is 2. The van der Waals surface area contributed by atoms with Crippen LogP contribution >= 0.6 is 11.8 Å². The van der Waals surface area contributed by atoms with Gasteiger partial charge < -0.3 is 10.0 Å². The molecule has 21 heavy (non-hydrogen) atoms. The van der Waals surface area contributed by atoms with Crippen molar-refractivity contribution in [2.45, 2.75) is 25.8 Å². The minimum atomic E-state index is -3.63. The average Bonchev–Trinajstić information content (AvgIpc) is 2.41. The Hall–Kier alpha value is -0.450. The highest BCUT2D eigenvalue weighted by Gasteiger charge is 2.28. The van der Waals surface area contributed by atoms with E-state index in [2.05, 4.69) is 4.72 Å². The molecular weight excluding hydrogens is 326 g/mol. The maximum atomic E-state index is 12.5. The Morgan fingerprint density at radius 2 is 2.05 bits per heavy atom. The van der Waals surface area contributed by atoms with Gasteiger partial charge in [-0.05, 0) is 25.4 Å². The van der Waals surface area contributed by atoms with Gasteiger partial charge in [0.2, 0.25) is 15.9 Å². The summed E-state index contributed by atoms with van der Waals surface area (Å²) in [7, 11) is -3.63. The van der Waals surface area contributed by atoms with Gasteiger partial charge in [0, 0.05) is 6.54 Å². The van der Waals surface area contributed by atoms with Gasteiger partial charge in [-0.25, -0.2) is 21.9 Å². The Kier molecular flexibility index (Phi) is 10.1. The van der Waals surface area contributed by atoms with Crippen LogP contribution < -0.4 is 4.72 Å². The zero-order chi connectivity index (χ0) is 16.5. The van der Waals surface area contributed by atoms with E-state index in [1.54, 1.807) is 6.26 Å². The van der Waals surface area contributed by atoms with Crippen molar-refractivity contribution in [2.75, 3.05) is 37.5 Å². The third kappa shape index (κ3) is 8.54. The second-order valence-corrected chi connectivity index (χ2v) is 7.28. The predicted octanol–water partition coefficient (Wildman–Crippen LogP) is 0.133. The fourth-order valence-electron chi connectivity index (χ4n) is 1.57. The van der Waals surface area contributed by atoms with Gasteiger partial charge in [0.15, 0.2) is 0 Å². The highest BCUT2D eigenvalue weighted by molar-refractivity contribution is 7.98. The quantitative estimate of drug-likeness (QED) is 0.554. The SMILES string of the molecule is CCS(=O)(=O)NC(CCSC)C(=O)N(CCO)CC(F)F. The fourth-order valence-corrected chi connectivity index (χ4v) is 2.86. The van der Waals surface area contributed by atoms with Gasteiger partial charge in [-0.1, -0.05) is 0 Å². The molecule has 0 aromatic rings. The molecule has 0 saturated carbocycles. The lowest BCUT2D eigenvalue weighted by Gasteiger charge is -2.27. The summed E-state index contributed by atoms with van der Waals surface area (Å²) in [5.74, 6) is -0.440. The molecule has 0 fully saturated rings. The third-order valence-electron chi connectivity index (χ3n) is 2.65. The van der Waals surface area contributed by atoms with Crippen LogP contribution in [0.15, 0.2) is 0 Å². The van der Waals surface area contributed by atoms with Crippen molar-refractivity contribution in [3.05, 3.63) is 0 Å². The molecule has 0 aliphatic rings. The maximum Gasteiger partial charge on any atom is 0.255 e. The summed E-state index contributed by atoms with van der Waals surface area (Å²) in [6, 6.07) is -1.09. The summed E-state index contributed by atoms with van der Waals surface area (Å²) in [6.07, 6.45) is -0.755. The van der Waals surface area contributed by atoms with E-state index in [0.29, 0.717) is 5.75 Å². The number of carbonyl (C=O) groups is 1. The molecular formula is C11H22F2N2O4S2. The van der Waals surface area contributed by atoms with Crippen molar-refractivity contribution in [1.82, 2.24) is 9.62 Å². The summed E-state index contributed by atoms with van der Waals surface area (Å²) < 4.78 is 50.4. The number of nitrogens with one attached hydrogen (secondary N) is 1. The number of hydrogen-bond donors (Lipinski definition) is 2. The topological polar surface area (TPSA) is 86.7 Å². The number of halogens is 2. The highest BCUT2D eigenvalue weighted by atomic mass is 32.2. The van der Waals surface area contributed by atoms with E-state index in [-0.39, 0.29) is 18.7 Å². The Balaban J connectivity index is 5.03. The molecule has 1 atom stereocenters. The smallest absolute Gasteiger partial charge is 0.255 e. The molecule has 0 aliphatic carbocycles. The van der Waals surface area contributed by atoms with Crippen molar-refractivity contribution >= 4 is 27.7 Å². The molecule has 0 rings (SSSR count). The number of aliphatic hydroxyl groups excluding tert-OH is 1. The predicted molar refractivity (Wildman–Crippen MR) is 79.1 cm³/mol. The number of amides is 1. The summed E-state index contributed by atoms with van der Waals surface area (Å²) in [5.41, 5.74) is 0. The number of sulfonamides is 1. The van der Waals surface area contributed by atoms with E-state index < -0.39 is 41.5 Å². The number of thioether (sulfide) groups is 1. The zero-order valence-corrected chi connectivity index (χ0v) is 13.7. The first-order valence-corrected chi connectivity index (χ1v) is 9.48. The van der Waals surface area contributed by atoms with Gasteiger partial charge in [0.05, 0.1) is 18.9 Å². The van der Waals surface area contributed by atoms with Crippen LogP contribution in [0.5, 0.6) is 0 Å². The zero-order valence-electron chi connectivity index (χ0n) is 12.1. The van der Waals surface area contributed by atoms with Gasteiger partial charge in [0.1, 0.15) is 6.04 Å². The lowest BCUT2D eigenvalue weighted by molar-refractivity contribution is -0.135. The molecule has 2 N–H and O–H groups in total. The van der Waals surface area contributed by atoms with E-state index in [1.165, 1.54) is 18.7 Å². The van der Waals surface area contributed by atoms with Gasteiger partial charge >= 0.3 is 0 Å². The molecule has 126 valence electrons. The third-order valence-corrected chi connectivity index (χ3v) is 4.70. The summed E-state index contributed by atoms with van der Waals surface area (Å²) in [6.45, 7) is -0.132. The lowest BCUT2D eigenvalue weighted by atomic mass is 10.2. The number of rotatable bonds is 11. The molecule has 0 radical (unpaired) electrons. The number of nitrogens with zero attached hydrogens (tertiary/aromatic N) is 1. The van der Waals surface area contributed by atoms with Crippen LogP contribution in [-0.2, 0) is 14.8 Å². The first kappa shape index (κ1) is 20.6.